The van der Waals surface area contributed by atoms with Crippen molar-refractivity contribution in [2.24, 2.45) is 11.8 Å². The van der Waals surface area contributed by atoms with Crippen LogP contribution in [0.2, 0.25) is 0 Å². The van der Waals surface area contributed by atoms with Crippen molar-refractivity contribution in [2.45, 2.75) is 32.6 Å². The van der Waals surface area contributed by atoms with E-state index in [9.17, 15) is 10.2 Å². The molecule has 2 aliphatic heterocycles. The molecule has 2 fully saturated rings. The van der Waals surface area contributed by atoms with Crippen molar-refractivity contribution < 1.29 is 14.9 Å². The summed E-state index contributed by atoms with van der Waals surface area (Å²) in [5.74, 6) is 1.14. The highest BCUT2D eigenvalue weighted by Gasteiger charge is 2.34. The number of aliphatic hydroxyl groups is 1. The predicted molar refractivity (Wildman–Crippen MR) is 93.9 cm³/mol. The Morgan fingerprint density at radius 1 is 1.04 bits per heavy atom. The SMILES string of the molecule is C[C@@H]1CN(C[C@@H]2CN(Cc3cccc(O)c3)C[C@@H]2CO)C[C@H](C)O1. The smallest absolute Gasteiger partial charge is 0.115 e. The summed E-state index contributed by atoms with van der Waals surface area (Å²) in [6.45, 7) is 10.3. The molecular weight excluding hydrogens is 304 g/mol. The van der Waals surface area contributed by atoms with Crippen LogP contribution >= 0.6 is 0 Å². The summed E-state index contributed by atoms with van der Waals surface area (Å²) in [5.41, 5.74) is 1.13. The Kier molecular flexibility index (Phi) is 5.76. The van der Waals surface area contributed by atoms with Gasteiger partial charge in [0, 0.05) is 45.9 Å². The van der Waals surface area contributed by atoms with Crippen LogP contribution in [0.1, 0.15) is 19.4 Å². The predicted octanol–water partition coefficient (Wildman–Crippen LogP) is 1.54. The summed E-state index contributed by atoms with van der Waals surface area (Å²) in [6.07, 6.45) is 0.567. The molecular formula is C19H30N2O3. The van der Waals surface area contributed by atoms with Gasteiger partial charge in [0.1, 0.15) is 5.75 Å². The lowest BCUT2D eigenvalue weighted by atomic mass is 9.96. The molecule has 0 spiro atoms. The van der Waals surface area contributed by atoms with Gasteiger partial charge < -0.3 is 14.9 Å². The lowest BCUT2D eigenvalue weighted by Gasteiger charge is -2.37. The first-order valence-electron chi connectivity index (χ1n) is 9.02. The monoisotopic (exact) mass is 334 g/mol. The molecule has 3 rings (SSSR count). The number of nitrogens with zero attached hydrogens (tertiary/aromatic N) is 2. The fraction of sp³-hybridized carbons (Fsp3) is 0.684. The van der Waals surface area contributed by atoms with Gasteiger partial charge in [0.25, 0.3) is 0 Å². The fourth-order valence-electron chi connectivity index (χ4n) is 4.26. The lowest BCUT2D eigenvalue weighted by molar-refractivity contribution is -0.0727. The van der Waals surface area contributed by atoms with E-state index in [0.717, 1.165) is 44.8 Å². The number of hydrogen-bond acceptors (Lipinski definition) is 5. The van der Waals surface area contributed by atoms with Crippen molar-refractivity contribution >= 4 is 0 Å². The summed E-state index contributed by atoms with van der Waals surface area (Å²) in [5, 5.41) is 19.4. The zero-order valence-corrected chi connectivity index (χ0v) is 14.8. The molecule has 4 atom stereocenters. The molecule has 2 saturated heterocycles. The second-order valence-corrected chi connectivity index (χ2v) is 7.54. The van der Waals surface area contributed by atoms with Gasteiger partial charge in [-0.3, -0.25) is 9.80 Å². The van der Waals surface area contributed by atoms with E-state index in [1.165, 1.54) is 0 Å². The molecule has 1 aromatic rings. The molecule has 2 aliphatic rings. The summed E-state index contributed by atoms with van der Waals surface area (Å²) >= 11 is 0. The van der Waals surface area contributed by atoms with Crippen molar-refractivity contribution in [1.29, 1.82) is 0 Å². The first-order chi connectivity index (χ1) is 11.5. The van der Waals surface area contributed by atoms with E-state index in [2.05, 4.69) is 23.6 Å². The number of benzene rings is 1. The Balaban J connectivity index is 1.58. The zero-order valence-electron chi connectivity index (χ0n) is 14.8. The minimum Gasteiger partial charge on any atom is -0.508 e. The number of phenolic OH excluding ortho intramolecular Hbond substituents is 1. The van der Waals surface area contributed by atoms with Crippen LogP contribution in [0.25, 0.3) is 0 Å². The van der Waals surface area contributed by atoms with Gasteiger partial charge in [-0.15, -0.1) is 0 Å². The third-order valence-corrected chi connectivity index (χ3v) is 5.19. The molecule has 1 aromatic carbocycles. The highest BCUT2D eigenvalue weighted by Crippen LogP contribution is 2.27. The maximum absolute atomic E-state index is 9.79. The average Bonchev–Trinajstić information content (AvgIpc) is 2.87. The minimum atomic E-state index is 0.247. The molecule has 0 bridgehead atoms. The second kappa shape index (κ2) is 7.83. The van der Waals surface area contributed by atoms with Gasteiger partial charge in [0.05, 0.1) is 12.2 Å². The molecule has 5 heteroatoms. The van der Waals surface area contributed by atoms with E-state index in [4.69, 9.17) is 4.74 Å². The van der Waals surface area contributed by atoms with Crippen molar-refractivity contribution in [2.75, 3.05) is 39.3 Å². The third-order valence-electron chi connectivity index (χ3n) is 5.19. The van der Waals surface area contributed by atoms with Crippen molar-refractivity contribution in [3.8, 4) is 5.75 Å². The number of aliphatic hydroxyl groups excluding tert-OH is 1. The van der Waals surface area contributed by atoms with Gasteiger partial charge >= 0.3 is 0 Å². The zero-order chi connectivity index (χ0) is 17.1. The lowest BCUT2D eigenvalue weighted by Crippen LogP contribution is -2.48. The van der Waals surface area contributed by atoms with E-state index in [1.807, 2.05) is 18.2 Å². The van der Waals surface area contributed by atoms with Gasteiger partial charge in [0.2, 0.25) is 0 Å². The maximum atomic E-state index is 9.79. The van der Waals surface area contributed by atoms with Crippen LogP contribution in [0.15, 0.2) is 24.3 Å². The molecule has 24 heavy (non-hydrogen) atoms. The molecule has 2 heterocycles. The van der Waals surface area contributed by atoms with Gasteiger partial charge in [-0.2, -0.15) is 0 Å². The topological polar surface area (TPSA) is 56.2 Å². The quantitative estimate of drug-likeness (QED) is 0.855. The maximum Gasteiger partial charge on any atom is 0.115 e. The molecule has 5 nitrogen and oxygen atoms in total. The third kappa shape index (κ3) is 4.48. The number of hydrogen-bond donors (Lipinski definition) is 2. The standard InChI is InChI=1S/C19H30N2O3/c1-14-7-20(8-15(2)24-14)10-17-11-21(12-18(17)13-22)9-16-4-3-5-19(23)6-16/h3-6,14-15,17-18,22-23H,7-13H2,1-2H3/t14-,15+,17-,18-/m1/s1. The Hall–Kier alpha value is -1.14. The minimum absolute atomic E-state index is 0.247. The van der Waals surface area contributed by atoms with Gasteiger partial charge in [0.15, 0.2) is 0 Å². The summed E-state index contributed by atoms with van der Waals surface area (Å²) in [7, 11) is 0. The Labute approximate surface area is 144 Å². The molecule has 0 aliphatic carbocycles. The highest BCUT2D eigenvalue weighted by molar-refractivity contribution is 5.27. The average molecular weight is 334 g/mol. The van der Waals surface area contributed by atoms with E-state index in [-0.39, 0.29) is 18.8 Å². The van der Waals surface area contributed by atoms with Crippen LogP contribution in [-0.2, 0) is 11.3 Å². The van der Waals surface area contributed by atoms with E-state index in [1.54, 1.807) is 6.07 Å². The Morgan fingerprint density at radius 3 is 2.42 bits per heavy atom. The number of phenols is 1. The molecule has 0 radical (unpaired) electrons. The van der Waals surface area contributed by atoms with Crippen molar-refractivity contribution in [3.63, 3.8) is 0 Å². The second-order valence-electron chi connectivity index (χ2n) is 7.54. The highest BCUT2D eigenvalue weighted by atomic mass is 16.5. The number of aromatic hydroxyl groups is 1. The van der Waals surface area contributed by atoms with Crippen molar-refractivity contribution in [1.82, 2.24) is 9.80 Å². The van der Waals surface area contributed by atoms with Crippen LogP contribution in [0.4, 0.5) is 0 Å². The van der Waals surface area contributed by atoms with Gasteiger partial charge in [-0.05, 0) is 43.4 Å². The van der Waals surface area contributed by atoms with E-state index in [0.29, 0.717) is 17.6 Å². The van der Waals surface area contributed by atoms with Crippen LogP contribution in [-0.4, -0.2) is 71.6 Å². The van der Waals surface area contributed by atoms with Gasteiger partial charge in [-0.1, -0.05) is 12.1 Å². The molecule has 134 valence electrons. The number of likely N-dealkylation sites (tertiary alicyclic amines) is 1. The molecule has 0 amide bonds. The first kappa shape index (κ1) is 17.7. The first-order valence-corrected chi connectivity index (χ1v) is 9.02. The number of rotatable bonds is 5. The summed E-state index contributed by atoms with van der Waals surface area (Å²) in [6, 6.07) is 7.46. The number of ether oxygens (including phenoxy) is 1. The van der Waals surface area contributed by atoms with Crippen molar-refractivity contribution in [3.05, 3.63) is 29.8 Å². The molecule has 2 N–H and O–H groups in total. The normalized spacial score (nSPS) is 32.3. The van der Waals surface area contributed by atoms with Crippen LogP contribution in [0.5, 0.6) is 5.75 Å². The van der Waals surface area contributed by atoms with Crippen LogP contribution in [0, 0.1) is 11.8 Å². The van der Waals surface area contributed by atoms with Gasteiger partial charge in [-0.25, -0.2) is 0 Å². The Morgan fingerprint density at radius 2 is 1.75 bits per heavy atom. The molecule has 0 saturated carbocycles. The van der Waals surface area contributed by atoms with Crippen LogP contribution < -0.4 is 0 Å². The Bertz CT molecular complexity index is 529. The van der Waals surface area contributed by atoms with Crippen LogP contribution in [0.3, 0.4) is 0 Å². The molecule has 0 unspecified atom stereocenters. The summed E-state index contributed by atoms with van der Waals surface area (Å²) in [4.78, 5) is 4.89. The fourth-order valence-corrected chi connectivity index (χ4v) is 4.26. The van der Waals surface area contributed by atoms with E-state index >= 15 is 0 Å². The largest absolute Gasteiger partial charge is 0.508 e. The number of morpholine rings is 1. The van der Waals surface area contributed by atoms with E-state index < -0.39 is 0 Å². The molecule has 0 aromatic heterocycles. The summed E-state index contributed by atoms with van der Waals surface area (Å²) < 4.78 is 5.82.